The van der Waals surface area contributed by atoms with Crippen LogP contribution in [0.5, 0.6) is 5.75 Å². The van der Waals surface area contributed by atoms with Crippen molar-refractivity contribution in [1.29, 1.82) is 0 Å². The third-order valence-electron chi connectivity index (χ3n) is 6.25. The quantitative estimate of drug-likeness (QED) is 0.703. The molecule has 1 saturated heterocycles. The van der Waals surface area contributed by atoms with Crippen molar-refractivity contribution in [3.05, 3.63) is 40.4 Å². The number of benzene rings is 2. The van der Waals surface area contributed by atoms with E-state index in [2.05, 4.69) is 47.1 Å². The Hall–Kier alpha value is -1.39. The van der Waals surface area contributed by atoms with Gasteiger partial charge in [0, 0.05) is 5.41 Å². The normalized spacial score (nSPS) is 31.3. The van der Waals surface area contributed by atoms with Crippen molar-refractivity contribution in [1.82, 2.24) is 0 Å². The standard InChI is InChI=1S/C21H23BrO3/c1-13(23)21-9-8-17(20(2,11-21)12-25-21)15-4-6-16-14(10-15)5-7-18(24-3)19(16)22/h4-7,10,17H,8-9,11-12H2,1-3H3. The summed E-state index contributed by atoms with van der Waals surface area (Å²) in [4.78, 5) is 12.1. The van der Waals surface area contributed by atoms with E-state index in [1.165, 1.54) is 10.9 Å². The van der Waals surface area contributed by atoms with Gasteiger partial charge in [0.15, 0.2) is 5.78 Å². The number of methoxy groups -OCH3 is 1. The van der Waals surface area contributed by atoms with Crippen molar-refractivity contribution in [2.45, 2.75) is 44.6 Å². The first-order chi connectivity index (χ1) is 11.9. The molecular weight excluding hydrogens is 380 g/mol. The first kappa shape index (κ1) is 17.0. The van der Waals surface area contributed by atoms with E-state index in [-0.39, 0.29) is 11.2 Å². The molecule has 3 unspecified atom stereocenters. The summed E-state index contributed by atoms with van der Waals surface area (Å²) in [6.45, 7) is 4.62. The highest BCUT2D eigenvalue weighted by molar-refractivity contribution is 9.10. The highest BCUT2D eigenvalue weighted by atomic mass is 79.9. The van der Waals surface area contributed by atoms with Gasteiger partial charge in [-0.05, 0) is 70.4 Å². The Balaban J connectivity index is 1.72. The van der Waals surface area contributed by atoms with E-state index >= 15 is 0 Å². The van der Waals surface area contributed by atoms with Gasteiger partial charge in [-0.1, -0.05) is 31.2 Å². The zero-order valence-electron chi connectivity index (χ0n) is 14.9. The molecule has 132 valence electrons. The minimum Gasteiger partial charge on any atom is -0.496 e. The highest BCUT2D eigenvalue weighted by Gasteiger charge is 2.56. The number of Topliss-reactive ketones (excluding diaryl/α,β-unsaturated/α-hetero) is 1. The molecule has 25 heavy (non-hydrogen) atoms. The fourth-order valence-corrected chi connectivity index (χ4v) is 5.46. The van der Waals surface area contributed by atoms with Gasteiger partial charge in [0.25, 0.3) is 0 Å². The zero-order chi connectivity index (χ0) is 17.8. The van der Waals surface area contributed by atoms with Gasteiger partial charge in [-0.3, -0.25) is 4.79 Å². The number of fused-ring (bicyclic) bond motifs is 3. The smallest absolute Gasteiger partial charge is 0.161 e. The van der Waals surface area contributed by atoms with E-state index in [4.69, 9.17) is 9.47 Å². The van der Waals surface area contributed by atoms with Crippen molar-refractivity contribution in [2.24, 2.45) is 5.41 Å². The van der Waals surface area contributed by atoms with Gasteiger partial charge in [-0.25, -0.2) is 0 Å². The van der Waals surface area contributed by atoms with Gasteiger partial charge in [0.1, 0.15) is 11.4 Å². The second-order valence-electron chi connectivity index (χ2n) is 7.82. The molecule has 0 spiro atoms. The molecule has 4 heteroatoms. The van der Waals surface area contributed by atoms with Gasteiger partial charge in [0.2, 0.25) is 0 Å². The number of carbonyl (C=O) groups excluding carboxylic acids is 1. The van der Waals surface area contributed by atoms with Crippen molar-refractivity contribution >= 4 is 32.5 Å². The van der Waals surface area contributed by atoms with E-state index < -0.39 is 5.60 Å². The van der Waals surface area contributed by atoms with Crippen LogP contribution in [0.15, 0.2) is 34.8 Å². The maximum atomic E-state index is 12.1. The molecule has 0 radical (unpaired) electrons. The van der Waals surface area contributed by atoms with Gasteiger partial charge < -0.3 is 9.47 Å². The number of ketones is 1. The topological polar surface area (TPSA) is 35.5 Å². The molecule has 0 aromatic heterocycles. The first-order valence-corrected chi connectivity index (χ1v) is 9.59. The van der Waals surface area contributed by atoms with Crippen LogP contribution in [-0.2, 0) is 9.53 Å². The molecule has 0 amide bonds. The number of halogens is 1. The number of rotatable bonds is 3. The molecule has 2 aromatic carbocycles. The lowest BCUT2D eigenvalue weighted by atomic mass is 9.62. The summed E-state index contributed by atoms with van der Waals surface area (Å²) in [6, 6.07) is 10.8. The van der Waals surface area contributed by atoms with Gasteiger partial charge in [-0.2, -0.15) is 0 Å². The molecule has 2 aromatic rings. The minimum atomic E-state index is -0.529. The molecule has 1 saturated carbocycles. The molecule has 4 rings (SSSR count). The van der Waals surface area contributed by atoms with Crippen LogP contribution in [0, 0.1) is 5.41 Å². The Labute approximate surface area is 156 Å². The lowest BCUT2D eigenvalue weighted by Gasteiger charge is -2.40. The Morgan fingerprint density at radius 1 is 1.32 bits per heavy atom. The molecule has 2 bridgehead atoms. The average Bonchev–Trinajstić information content (AvgIpc) is 2.88. The Morgan fingerprint density at radius 3 is 2.84 bits per heavy atom. The summed E-state index contributed by atoms with van der Waals surface area (Å²) >= 11 is 3.65. The molecule has 1 aliphatic heterocycles. The van der Waals surface area contributed by atoms with E-state index in [9.17, 15) is 4.79 Å². The Kier molecular flexibility index (Phi) is 3.97. The van der Waals surface area contributed by atoms with Crippen molar-refractivity contribution in [3.63, 3.8) is 0 Å². The molecule has 1 aliphatic carbocycles. The first-order valence-electron chi connectivity index (χ1n) is 8.80. The second-order valence-corrected chi connectivity index (χ2v) is 8.62. The second kappa shape index (κ2) is 5.82. The summed E-state index contributed by atoms with van der Waals surface area (Å²) in [5.74, 6) is 1.46. The van der Waals surface area contributed by atoms with Crippen LogP contribution in [0.3, 0.4) is 0 Å². The maximum Gasteiger partial charge on any atom is 0.161 e. The van der Waals surface area contributed by atoms with Crippen LogP contribution in [0.1, 0.15) is 44.6 Å². The van der Waals surface area contributed by atoms with E-state index in [0.717, 1.165) is 34.9 Å². The van der Waals surface area contributed by atoms with Crippen LogP contribution >= 0.6 is 15.9 Å². The molecule has 2 aliphatic rings. The average molecular weight is 403 g/mol. The van der Waals surface area contributed by atoms with Crippen LogP contribution < -0.4 is 4.74 Å². The summed E-state index contributed by atoms with van der Waals surface area (Å²) in [5, 5.41) is 2.36. The Morgan fingerprint density at radius 2 is 2.12 bits per heavy atom. The van der Waals surface area contributed by atoms with Crippen molar-refractivity contribution in [3.8, 4) is 5.75 Å². The number of ether oxygens (including phenoxy) is 2. The monoisotopic (exact) mass is 402 g/mol. The van der Waals surface area contributed by atoms with Crippen LogP contribution in [0.25, 0.3) is 10.8 Å². The fourth-order valence-electron chi connectivity index (χ4n) is 4.80. The third kappa shape index (κ3) is 2.53. The molecule has 1 heterocycles. The van der Waals surface area contributed by atoms with Crippen LogP contribution in [0.4, 0.5) is 0 Å². The third-order valence-corrected chi connectivity index (χ3v) is 7.07. The predicted octanol–water partition coefficient (Wildman–Crippen LogP) is 5.24. The molecule has 2 fully saturated rings. The lowest BCUT2D eigenvalue weighted by Crippen LogP contribution is -2.42. The van der Waals surface area contributed by atoms with Crippen LogP contribution in [-0.4, -0.2) is 25.1 Å². The zero-order valence-corrected chi connectivity index (χ0v) is 16.5. The van der Waals surface area contributed by atoms with Gasteiger partial charge in [-0.15, -0.1) is 0 Å². The maximum absolute atomic E-state index is 12.1. The summed E-state index contributed by atoms with van der Waals surface area (Å²) in [7, 11) is 1.69. The molecule has 0 N–H and O–H groups in total. The SMILES string of the molecule is COc1ccc2cc(C3CCC4(C(C)=O)CC3(C)CO4)ccc2c1Br. The minimum absolute atomic E-state index is 0.0291. The fraction of sp³-hybridized carbons (Fsp3) is 0.476. The summed E-state index contributed by atoms with van der Waals surface area (Å²) < 4.78 is 12.4. The summed E-state index contributed by atoms with van der Waals surface area (Å²) in [5.41, 5.74) is 0.842. The van der Waals surface area contributed by atoms with E-state index in [1.54, 1.807) is 14.0 Å². The van der Waals surface area contributed by atoms with E-state index in [0.29, 0.717) is 12.5 Å². The molecular formula is C21H23BrO3. The number of hydrogen-bond acceptors (Lipinski definition) is 3. The highest BCUT2D eigenvalue weighted by Crippen LogP contribution is 2.57. The Bertz CT molecular complexity index is 862. The molecule has 3 nitrogen and oxygen atoms in total. The summed E-state index contributed by atoms with van der Waals surface area (Å²) in [6.07, 6.45) is 2.66. The van der Waals surface area contributed by atoms with E-state index in [1.807, 2.05) is 6.07 Å². The van der Waals surface area contributed by atoms with Gasteiger partial charge in [0.05, 0.1) is 18.2 Å². The van der Waals surface area contributed by atoms with Crippen LogP contribution in [0.2, 0.25) is 0 Å². The predicted molar refractivity (Wildman–Crippen MR) is 102 cm³/mol. The number of carbonyl (C=O) groups is 1. The van der Waals surface area contributed by atoms with Crippen molar-refractivity contribution < 1.29 is 14.3 Å². The van der Waals surface area contributed by atoms with Gasteiger partial charge >= 0.3 is 0 Å². The lowest BCUT2D eigenvalue weighted by molar-refractivity contribution is -0.137. The largest absolute Gasteiger partial charge is 0.496 e. The van der Waals surface area contributed by atoms with Crippen molar-refractivity contribution in [2.75, 3.05) is 13.7 Å². The number of hydrogen-bond donors (Lipinski definition) is 0. The molecule has 3 atom stereocenters.